The molecule has 16 heavy (non-hydrogen) atoms. The number of carbonyl (C=O) groups is 1. The van der Waals surface area contributed by atoms with Crippen molar-refractivity contribution in [3.05, 3.63) is 35.7 Å². The smallest absolute Gasteiger partial charge is 0.371 e. The summed E-state index contributed by atoms with van der Waals surface area (Å²) >= 11 is 1.23. The third-order valence-corrected chi connectivity index (χ3v) is 2.62. The Labute approximate surface area is 95.5 Å². The van der Waals surface area contributed by atoms with Crippen LogP contribution >= 0.6 is 11.8 Å². The number of carboxylic acids is 1. The summed E-state index contributed by atoms with van der Waals surface area (Å²) < 4.78 is 5.07. The van der Waals surface area contributed by atoms with Gasteiger partial charge in [-0.25, -0.2) is 4.79 Å². The monoisotopic (exact) mass is 236 g/mol. The number of aromatic carboxylic acids is 1. The first-order valence-electron chi connectivity index (χ1n) is 4.46. The molecular weight excluding hydrogens is 228 g/mol. The summed E-state index contributed by atoms with van der Waals surface area (Å²) in [5, 5.41) is 17.6. The number of nitrogens with zero attached hydrogens (tertiary/aromatic N) is 2. The lowest BCUT2D eigenvalue weighted by Gasteiger charge is -1.95. The molecule has 0 atom stereocenters. The molecule has 0 radical (unpaired) electrons. The van der Waals surface area contributed by atoms with Crippen LogP contribution in [0.5, 0.6) is 0 Å². The molecule has 0 bridgehead atoms. The number of rotatable bonds is 3. The van der Waals surface area contributed by atoms with Gasteiger partial charge in [-0.1, -0.05) is 0 Å². The number of hydrogen-bond acceptors (Lipinski definition) is 5. The molecule has 0 unspecified atom stereocenters. The lowest BCUT2D eigenvalue weighted by atomic mass is 10.4. The Bertz CT molecular complexity index is 507. The van der Waals surface area contributed by atoms with Crippen molar-refractivity contribution in [3.63, 3.8) is 0 Å². The minimum absolute atomic E-state index is 0.0810. The van der Waals surface area contributed by atoms with Gasteiger partial charge in [-0.3, -0.25) is 0 Å². The van der Waals surface area contributed by atoms with Crippen LogP contribution in [0.2, 0.25) is 0 Å². The molecule has 0 aliphatic carbocycles. The van der Waals surface area contributed by atoms with E-state index >= 15 is 0 Å². The standard InChI is InChI=1S/C10H8N2O3S/c1-6-2-4-8(12-11-6)16-9-5-3-7(15-9)10(13)14/h2-5H,1H3,(H,13,14). The van der Waals surface area contributed by atoms with Crippen molar-refractivity contribution >= 4 is 17.7 Å². The van der Waals surface area contributed by atoms with E-state index in [1.165, 1.54) is 17.8 Å². The maximum Gasteiger partial charge on any atom is 0.371 e. The van der Waals surface area contributed by atoms with Gasteiger partial charge in [0.15, 0.2) is 5.09 Å². The number of furan rings is 1. The predicted octanol–water partition coefficient (Wildman–Crippen LogP) is 2.23. The van der Waals surface area contributed by atoms with E-state index in [4.69, 9.17) is 9.52 Å². The van der Waals surface area contributed by atoms with Gasteiger partial charge in [0.25, 0.3) is 0 Å². The maximum atomic E-state index is 10.6. The lowest BCUT2D eigenvalue weighted by Crippen LogP contribution is -1.91. The molecule has 0 aliphatic rings. The molecule has 0 amide bonds. The molecule has 0 aromatic carbocycles. The lowest BCUT2D eigenvalue weighted by molar-refractivity contribution is 0.0656. The SMILES string of the molecule is Cc1ccc(Sc2ccc(C(=O)O)o2)nn1. The maximum absolute atomic E-state index is 10.6. The van der Waals surface area contributed by atoms with E-state index in [1.807, 2.05) is 13.0 Å². The largest absolute Gasteiger partial charge is 0.475 e. The number of carboxylic acid groups (broad SMARTS) is 1. The Balaban J connectivity index is 2.14. The van der Waals surface area contributed by atoms with Crippen molar-refractivity contribution in [2.75, 3.05) is 0 Å². The van der Waals surface area contributed by atoms with E-state index in [-0.39, 0.29) is 5.76 Å². The summed E-state index contributed by atoms with van der Waals surface area (Å²) in [6.45, 7) is 1.84. The van der Waals surface area contributed by atoms with Crippen LogP contribution in [0.15, 0.2) is 38.8 Å². The van der Waals surface area contributed by atoms with Gasteiger partial charge in [-0.05, 0) is 43.0 Å². The molecule has 1 N–H and O–H groups in total. The second kappa shape index (κ2) is 4.36. The van der Waals surface area contributed by atoms with Crippen molar-refractivity contribution in [1.82, 2.24) is 10.2 Å². The molecule has 0 fully saturated rings. The molecule has 2 aromatic rings. The molecule has 0 aliphatic heterocycles. The van der Waals surface area contributed by atoms with E-state index in [0.717, 1.165) is 5.69 Å². The topological polar surface area (TPSA) is 76.2 Å². The number of aryl methyl sites for hydroxylation is 1. The molecule has 0 saturated heterocycles. The van der Waals surface area contributed by atoms with E-state index in [9.17, 15) is 4.79 Å². The van der Waals surface area contributed by atoms with Crippen molar-refractivity contribution in [3.8, 4) is 0 Å². The Hall–Kier alpha value is -1.82. The van der Waals surface area contributed by atoms with E-state index in [2.05, 4.69) is 10.2 Å². The average Bonchev–Trinajstić information content (AvgIpc) is 2.70. The van der Waals surface area contributed by atoms with Gasteiger partial charge in [-0.2, -0.15) is 5.10 Å². The zero-order valence-electron chi connectivity index (χ0n) is 8.38. The zero-order chi connectivity index (χ0) is 11.5. The van der Waals surface area contributed by atoms with Crippen LogP contribution in [0.25, 0.3) is 0 Å². The quantitative estimate of drug-likeness (QED) is 0.880. The fourth-order valence-corrected chi connectivity index (χ4v) is 1.73. The van der Waals surface area contributed by atoms with Crippen LogP contribution in [0, 0.1) is 6.92 Å². The van der Waals surface area contributed by atoms with Crippen LogP contribution in [0.3, 0.4) is 0 Å². The Morgan fingerprint density at radius 2 is 2.12 bits per heavy atom. The molecule has 2 aromatic heterocycles. The summed E-state index contributed by atoms with van der Waals surface area (Å²) in [4.78, 5) is 10.6. The normalized spacial score (nSPS) is 10.3. The highest BCUT2D eigenvalue weighted by Gasteiger charge is 2.10. The Morgan fingerprint density at radius 3 is 2.69 bits per heavy atom. The third kappa shape index (κ3) is 2.40. The zero-order valence-corrected chi connectivity index (χ0v) is 9.19. The predicted molar refractivity (Wildman–Crippen MR) is 56.6 cm³/mol. The van der Waals surface area contributed by atoms with Crippen LogP contribution < -0.4 is 0 Å². The molecule has 5 nitrogen and oxygen atoms in total. The van der Waals surface area contributed by atoms with Gasteiger partial charge in [0.1, 0.15) is 5.03 Å². The van der Waals surface area contributed by atoms with Crippen molar-refractivity contribution < 1.29 is 14.3 Å². The minimum atomic E-state index is -1.08. The van der Waals surface area contributed by atoms with Crippen LogP contribution in [-0.2, 0) is 0 Å². The Morgan fingerprint density at radius 1 is 1.31 bits per heavy atom. The number of aromatic nitrogens is 2. The van der Waals surface area contributed by atoms with E-state index < -0.39 is 5.97 Å². The van der Waals surface area contributed by atoms with Crippen LogP contribution in [0.1, 0.15) is 16.2 Å². The van der Waals surface area contributed by atoms with E-state index in [1.54, 1.807) is 12.1 Å². The molecular formula is C10H8N2O3S. The first kappa shape index (κ1) is 10.7. The van der Waals surface area contributed by atoms with Crippen molar-refractivity contribution in [2.45, 2.75) is 17.0 Å². The van der Waals surface area contributed by atoms with Crippen molar-refractivity contribution in [1.29, 1.82) is 0 Å². The average molecular weight is 236 g/mol. The van der Waals surface area contributed by atoms with Gasteiger partial charge in [0.2, 0.25) is 5.76 Å². The highest BCUT2D eigenvalue weighted by atomic mass is 32.2. The van der Waals surface area contributed by atoms with Gasteiger partial charge >= 0.3 is 5.97 Å². The Kier molecular flexibility index (Phi) is 2.91. The van der Waals surface area contributed by atoms with E-state index in [0.29, 0.717) is 10.1 Å². The molecule has 82 valence electrons. The highest BCUT2D eigenvalue weighted by molar-refractivity contribution is 7.99. The fraction of sp³-hybridized carbons (Fsp3) is 0.100. The summed E-state index contributed by atoms with van der Waals surface area (Å²) in [7, 11) is 0. The first-order chi connectivity index (χ1) is 7.65. The van der Waals surface area contributed by atoms with Gasteiger partial charge in [-0.15, -0.1) is 5.10 Å². The second-order valence-electron chi connectivity index (χ2n) is 3.04. The molecule has 2 rings (SSSR count). The number of hydrogen-bond donors (Lipinski definition) is 1. The summed E-state index contributed by atoms with van der Waals surface area (Å²) in [6, 6.07) is 6.63. The molecule has 6 heteroatoms. The minimum Gasteiger partial charge on any atom is -0.475 e. The second-order valence-corrected chi connectivity index (χ2v) is 4.06. The third-order valence-electron chi connectivity index (χ3n) is 1.77. The van der Waals surface area contributed by atoms with Crippen LogP contribution in [-0.4, -0.2) is 21.3 Å². The van der Waals surface area contributed by atoms with Gasteiger partial charge in [0.05, 0.1) is 5.69 Å². The highest BCUT2D eigenvalue weighted by Crippen LogP contribution is 2.27. The first-order valence-corrected chi connectivity index (χ1v) is 5.28. The molecule has 0 saturated carbocycles. The van der Waals surface area contributed by atoms with Gasteiger partial charge in [0, 0.05) is 0 Å². The molecule has 0 spiro atoms. The summed E-state index contributed by atoms with van der Waals surface area (Å²) in [5.41, 5.74) is 0.829. The van der Waals surface area contributed by atoms with Crippen LogP contribution in [0.4, 0.5) is 0 Å². The van der Waals surface area contributed by atoms with Crippen molar-refractivity contribution in [2.24, 2.45) is 0 Å². The fourth-order valence-electron chi connectivity index (χ4n) is 1.03. The summed E-state index contributed by atoms with van der Waals surface area (Å²) in [6.07, 6.45) is 0. The summed E-state index contributed by atoms with van der Waals surface area (Å²) in [5.74, 6) is -1.16. The molecule has 2 heterocycles. The van der Waals surface area contributed by atoms with Gasteiger partial charge < -0.3 is 9.52 Å².